The zero-order chi connectivity index (χ0) is 14.1. The third-order valence-electron chi connectivity index (χ3n) is 3.70. The Balaban J connectivity index is 0.00000361. The molecule has 0 radical (unpaired) electrons. The zero-order valence-electron chi connectivity index (χ0n) is 12.5. The Morgan fingerprint density at radius 2 is 1.65 bits per heavy atom. The van der Waals surface area contributed by atoms with Crippen LogP contribution in [0, 0.1) is 0 Å². The van der Waals surface area contributed by atoms with Gasteiger partial charge in [0.15, 0.2) is 0 Å². The van der Waals surface area contributed by atoms with Gasteiger partial charge in [-0.05, 0) is 32.4 Å². The molecule has 20 heavy (non-hydrogen) atoms. The maximum atomic E-state index is 11.7. The van der Waals surface area contributed by atoms with Crippen LogP contribution in [-0.4, -0.2) is 36.8 Å². The fourth-order valence-corrected chi connectivity index (χ4v) is 1.92. The topological polar surface area (TPSA) is 26.3 Å². The Kier molecular flexibility index (Phi) is 8.93. The molecule has 0 unspecified atom stereocenters. The van der Waals surface area contributed by atoms with Crippen molar-refractivity contribution in [3.05, 3.63) is 42.0 Å². The van der Waals surface area contributed by atoms with Crippen LogP contribution in [0.2, 0.25) is 0 Å². The molecular formula is C16H24ClNO2. The van der Waals surface area contributed by atoms with E-state index in [0.29, 0.717) is 6.73 Å². The Morgan fingerprint density at radius 3 is 2.15 bits per heavy atom. The molecule has 0 heterocycles. The molecule has 1 rings (SSSR count). The van der Waals surface area contributed by atoms with Gasteiger partial charge in [-0.1, -0.05) is 30.3 Å². The molecule has 112 valence electrons. The van der Waals surface area contributed by atoms with Crippen molar-refractivity contribution in [3.63, 3.8) is 0 Å². The maximum Gasteiger partial charge on any atom is 0.335 e. The third-order valence-corrected chi connectivity index (χ3v) is 3.70. The molecule has 0 fully saturated rings. The number of esters is 1. The van der Waals surface area contributed by atoms with E-state index in [2.05, 4.69) is 20.8 Å². The highest BCUT2D eigenvalue weighted by Gasteiger charge is 2.21. The van der Waals surface area contributed by atoms with Gasteiger partial charge in [-0.15, -0.1) is 0 Å². The summed E-state index contributed by atoms with van der Waals surface area (Å²) in [7, 11) is 0. The van der Waals surface area contributed by atoms with Crippen molar-refractivity contribution in [1.29, 1.82) is 0 Å². The molecule has 0 aliphatic carbocycles. The number of rotatable bonds is 7. The predicted molar refractivity (Wildman–Crippen MR) is 78.3 cm³/mol. The van der Waals surface area contributed by atoms with Crippen molar-refractivity contribution in [2.75, 3.05) is 26.4 Å². The van der Waals surface area contributed by atoms with E-state index in [9.17, 15) is 4.79 Å². The second-order valence-corrected chi connectivity index (χ2v) is 4.63. The van der Waals surface area contributed by atoms with E-state index in [0.717, 1.165) is 29.7 Å². The van der Waals surface area contributed by atoms with E-state index in [4.69, 9.17) is 4.74 Å². The second kappa shape index (κ2) is 9.56. The predicted octanol–water partition coefficient (Wildman–Crippen LogP) is 0.0810. The van der Waals surface area contributed by atoms with Crippen LogP contribution >= 0.6 is 0 Å². The summed E-state index contributed by atoms with van der Waals surface area (Å²) in [5.41, 5.74) is 1.00. The SMILES string of the molecule is CC[N+](CC)(CC)COC(=O)C=Cc1ccccc1.[Cl-]. The molecular weight excluding hydrogens is 274 g/mol. The van der Waals surface area contributed by atoms with E-state index in [1.807, 2.05) is 30.3 Å². The van der Waals surface area contributed by atoms with Crippen LogP contribution in [0.15, 0.2) is 36.4 Å². The standard InChI is InChI=1S/C16H24NO2.ClH/c1-4-17(5-2,6-3)14-19-16(18)13-12-15-10-8-7-9-11-15;/h7-13H,4-6,14H2,1-3H3;1H/q+1;/p-1. The fraction of sp³-hybridized carbons (Fsp3) is 0.438. The molecule has 0 amide bonds. The summed E-state index contributed by atoms with van der Waals surface area (Å²) in [6, 6.07) is 9.74. The smallest absolute Gasteiger partial charge is 0.335 e. The van der Waals surface area contributed by atoms with Crippen LogP contribution in [0.4, 0.5) is 0 Å². The van der Waals surface area contributed by atoms with Crippen molar-refractivity contribution in [2.24, 2.45) is 0 Å². The van der Waals surface area contributed by atoms with Gasteiger partial charge in [-0.2, -0.15) is 0 Å². The summed E-state index contributed by atoms with van der Waals surface area (Å²) in [6.07, 6.45) is 3.27. The molecule has 4 heteroatoms. The van der Waals surface area contributed by atoms with Crippen molar-refractivity contribution >= 4 is 12.0 Å². The van der Waals surface area contributed by atoms with Gasteiger partial charge in [-0.25, -0.2) is 4.79 Å². The summed E-state index contributed by atoms with van der Waals surface area (Å²) in [5.74, 6) is -0.276. The van der Waals surface area contributed by atoms with E-state index in [1.54, 1.807) is 6.08 Å². The highest BCUT2D eigenvalue weighted by molar-refractivity contribution is 5.86. The molecule has 0 N–H and O–H groups in total. The van der Waals surface area contributed by atoms with Crippen molar-refractivity contribution < 1.29 is 26.4 Å². The summed E-state index contributed by atoms with van der Waals surface area (Å²) in [6.45, 7) is 9.75. The Morgan fingerprint density at radius 1 is 1.10 bits per heavy atom. The monoisotopic (exact) mass is 297 g/mol. The van der Waals surface area contributed by atoms with Gasteiger partial charge in [0, 0.05) is 6.08 Å². The van der Waals surface area contributed by atoms with Crippen molar-refractivity contribution in [2.45, 2.75) is 20.8 Å². The molecule has 0 saturated carbocycles. The van der Waals surface area contributed by atoms with E-state index >= 15 is 0 Å². The highest BCUT2D eigenvalue weighted by atomic mass is 35.5. The molecule has 3 nitrogen and oxygen atoms in total. The molecule has 0 atom stereocenters. The summed E-state index contributed by atoms with van der Waals surface area (Å²) in [5, 5.41) is 0. The summed E-state index contributed by atoms with van der Waals surface area (Å²) < 4.78 is 6.16. The van der Waals surface area contributed by atoms with Gasteiger partial charge < -0.3 is 17.1 Å². The van der Waals surface area contributed by atoms with E-state index < -0.39 is 0 Å². The number of quaternary nitrogens is 1. The number of halogens is 1. The molecule has 1 aromatic carbocycles. The number of benzene rings is 1. The van der Waals surface area contributed by atoms with Gasteiger partial charge >= 0.3 is 5.97 Å². The van der Waals surface area contributed by atoms with Crippen LogP contribution in [-0.2, 0) is 9.53 Å². The number of carbonyl (C=O) groups excluding carboxylic acids is 1. The summed E-state index contributed by atoms with van der Waals surface area (Å²) >= 11 is 0. The lowest BCUT2D eigenvalue weighted by Gasteiger charge is -2.34. The Bertz CT molecular complexity index is 405. The van der Waals surface area contributed by atoms with Crippen LogP contribution in [0.3, 0.4) is 0 Å². The molecule has 0 saturated heterocycles. The van der Waals surface area contributed by atoms with Gasteiger partial charge in [0.05, 0.1) is 19.6 Å². The first-order valence-corrected chi connectivity index (χ1v) is 6.90. The quantitative estimate of drug-likeness (QED) is 0.308. The first-order chi connectivity index (χ1) is 9.15. The lowest BCUT2D eigenvalue weighted by Crippen LogP contribution is -3.00. The van der Waals surface area contributed by atoms with Gasteiger partial charge in [0.2, 0.25) is 6.73 Å². The zero-order valence-corrected chi connectivity index (χ0v) is 13.3. The largest absolute Gasteiger partial charge is 1.00 e. The Labute approximate surface area is 128 Å². The fourth-order valence-electron chi connectivity index (χ4n) is 1.92. The molecule has 1 aromatic rings. The van der Waals surface area contributed by atoms with Gasteiger partial charge in [0.25, 0.3) is 0 Å². The number of ether oxygens (including phenoxy) is 1. The minimum atomic E-state index is -0.276. The average Bonchev–Trinajstić information content (AvgIpc) is 2.48. The third kappa shape index (κ3) is 5.76. The summed E-state index contributed by atoms with van der Waals surface area (Å²) in [4.78, 5) is 11.7. The number of carbonyl (C=O) groups is 1. The van der Waals surface area contributed by atoms with Gasteiger partial charge in [0.1, 0.15) is 0 Å². The van der Waals surface area contributed by atoms with Crippen molar-refractivity contribution in [1.82, 2.24) is 0 Å². The minimum absolute atomic E-state index is 0. The first kappa shape index (κ1) is 18.7. The molecule has 0 spiro atoms. The van der Waals surface area contributed by atoms with Crippen LogP contribution in [0.1, 0.15) is 26.3 Å². The van der Waals surface area contributed by atoms with Crippen LogP contribution < -0.4 is 12.4 Å². The van der Waals surface area contributed by atoms with Gasteiger partial charge in [-0.3, -0.25) is 4.48 Å². The lowest BCUT2D eigenvalue weighted by atomic mass is 10.2. The average molecular weight is 298 g/mol. The lowest BCUT2D eigenvalue weighted by molar-refractivity contribution is -0.938. The van der Waals surface area contributed by atoms with Crippen LogP contribution in [0.25, 0.3) is 6.08 Å². The minimum Gasteiger partial charge on any atom is -1.00 e. The first-order valence-electron chi connectivity index (χ1n) is 6.90. The Hall–Kier alpha value is -1.32. The number of nitrogens with zero attached hydrogens (tertiary/aromatic N) is 1. The van der Waals surface area contributed by atoms with Crippen molar-refractivity contribution in [3.8, 4) is 0 Å². The van der Waals surface area contributed by atoms with Crippen LogP contribution in [0.5, 0.6) is 0 Å². The normalized spacial score (nSPS) is 11.2. The maximum absolute atomic E-state index is 11.7. The van der Waals surface area contributed by atoms with E-state index in [-0.39, 0.29) is 18.4 Å². The molecule has 0 aliphatic heterocycles. The molecule has 0 aliphatic rings. The highest BCUT2D eigenvalue weighted by Crippen LogP contribution is 2.07. The second-order valence-electron chi connectivity index (χ2n) is 4.63. The number of hydrogen-bond acceptors (Lipinski definition) is 2. The number of hydrogen-bond donors (Lipinski definition) is 0. The van der Waals surface area contributed by atoms with E-state index in [1.165, 1.54) is 6.08 Å². The molecule has 0 aromatic heterocycles. The molecule has 0 bridgehead atoms.